The van der Waals surface area contributed by atoms with E-state index in [-0.39, 0.29) is 51.2 Å². The van der Waals surface area contributed by atoms with Gasteiger partial charge >= 0.3 is 51.2 Å². The molecule has 526 valence electrons. The molecule has 0 heterocycles. The fourth-order valence-corrected chi connectivity index (χ4v) is 35.3. The van der Waals surface area contributed by atoms with E-state index in [0.717, 1.165) is 0 Å². The van der Waals surface area contributed by atoms with Crippen LogP contribution in [0, 0.1) is 0 Å². The van der Waals surface area contributed by atoms with Crippen LogP contribution in [0.5, 0.6) is 0 Å². The van der Waals surface area contributed by atoms with E-state index in [1.54, 1.807) is 41.5 Å². The van der Waals surface area contributed by atoms with Crippen molar-refractivity contribution >= 4 is 185 Å². The molecule has 12 aromatic rings. The molecule has 0 bridgehead atoms. The molecule has 0 spiro atoms. The first-order valence-corrected chi connectivity index (χ1v) is 47.5. The van der Waals surface area contributed by atoms with Gasteiger partial charge in [0.05, 0.1) is 28.3 Å². The largest absolute Gasteiger partial charge is 1.00 e. The first-order valence-electron chi connectivity index (χ1n) is 31.2. The second-order valence-electron chi connectivity index (χ2n) is 23.3. The minimum absolute atomic E-state index is 0. The van der Waals surface area contributed by atoms with Crippen molar-refractivity contribution in [2.45, 2.75) is 52.7 Å². The first kappa shape index (κ1) is 87.4. The third kappa shape index (κ3) is 30.7. The zero-order chi connectivity index (χ0) is 69.0. The smallest absolute Gasteiger partial charge is 0.691 e. The van der Waals surface area contributed by atoms with Crippen molar-refractivity contribution in [1.82, 2.24) is 0 Å². The van der Waals surface area contributed by atoms with E-state index in [4.69, 9.17) is 89.8 Å². The molecule has 0 aliphatic carbocycles. The van der Waals surface area contributed by atoms with E-state index in [0.29, 0.717) is 0 Å². The zero-order valence-electron chi connectivity index (χ0n) is 55.8. The maximum Gasteiger partial charge on any atom is 1.00 e. The summed E-state index contributed by atoms with van der Waals surface area (Å²) in [6.07, 6.45) is 0. The molecule has 2 atom stereocenters. The van der Waals surface area contributed by atoms with Crippen LogP contribution < -0.4 is 63.7 Å². The van der Waals surface area contributed by atoms with Crippen molar-refractivity contribution in [2.75, 3.05) is 0 Å². The molecule has 12 rings (SSSR count). The van der Waals surface area contributed by atoms with Gasteiger partial charge in [-0.05, 0) is 137 Å². The Balaban J connectivity index is 0.000000224. The third-order valence-corrected chi connectivity index (χ3v) is 33.6. The number of hydrogen-bond donors (Lipinski definition) is 0. The molecule has 20 heteroatoms. The van der Waals surface area contributed by atoms with Crippen LogP contribution in [0.1, 0.15) is 41.5 Å². The van der Waals surface area contributed by atoms with Gasteiger partial charge in [-0.2, -0.15) is 0 Å². The molecule has 100 heavy (non-hydrogen) atoms. The fourth-order valence-electron chi connectivity index (χ4n) is 9.68. The van der Waals surface area contributed by atoms with Crippen molar-refractivity contribution in [2.24, 2.45) is 0 Å². The summed E-state index contributed by atoms with van der Waals surface area (Å²) in [5.74, 6) is 0. The first-order chi connectivity index (χ1) is 46.6. The molecule has 0 aliphatic heterocycles. The predicted molar refractivity (Wildman–Crippen MR) is 449 cm³/mol. The molecule has 12 aromatic carbocycles. The maximum atomic E-state index is 5.51. The van der Waals surface area contributed by atoms with Crippen molar-refractivity contribution in [3.8, 4) is 0 Å². The van der Waals surface area contributed by atoms with Gasteiger partial charge in [-0.15, -0.1) is 0 Å². The number of hydrogen-bond acceptors (Lipinski definition) is 10. The Morgan fingerprint density at radius 3 is 0.400 bits per heavy atom. The van der Waals surface area contributed by atoms with Crippen LogP contribution in [0.25, 0.3) is 0 Å². The van der Waals surface area contributed by atoms with Gasteiger partial charge in [0.15, 0.2) is 0 Å². The van der Waals surface area contributed by atoms with Gasteiger partial charge in [-0.1, -0.05) is 399 Å². The molecular weight excluding hydrogens is 1620 g/mol. The standard InChI is InChI=1S/4C18H15P.C8H21O4P3S6.3Cu/c4*1-4-10-16(11-5-1)19(17-12-6-2-7-13-17)18-14-8-3-9-15-18;1-7(2,3)9-13(16,17)11-15(20,21)12-14(18,19)10-8(4,5)6;;;/h4*1-15H;1-6H3,(H,16,17)(H,18,19)(H,20,21);;;/q;;;;;3*+1/p-3. The molecular formula is C80H78Cu3O4P7S6. The van der Waals surface area contributed by atoms with Crippen LogP contribution in [0.4, 0.5) is 0 Å². The van der Waals surface area contributed by atoms with Gasteiger partial charge in [0.1, 0.15) is 0 Å². The van der Waals surface area contributed by atoms with E-state index in [2.05, 4.69) is 364 Å². The molecule has 0 aromatic heterocycles. The second-order valence-corrected chi connectivity index (χ2v) is 47.2. The Kier molecular flexibility index (Phi) is 39.0. The summed E-state index contributed by atoms with van der Waals surface area (Å²) in [6, 6.07) is 129. The average molecular weight is 1700 g/mol. The Morgan fingerprint density at radius 1 is 0.210 bits per heavy atom. The maximum absolute atomic E-state index is 5.51. The van der Waals surface area contributed by atoms with Crippen LogP contribution in [-0.2, 0) is 141 Å². The van der Waals surface area contributed by atoms with E-state index in [1.807, 2.05) is 0 Å². The van der Waals surface area contributed by atoms with Crippen LogP contribution >= 0.6 is 48.8 Å². The van der Waals surface area contributed by atoms with Crippen molar-refractivity contribution in [3.05, 3.63) is 364 Å². The van der Waals surface area contributed by atoms with Gasteiger partial charge in [-0.25, -0.2) is 0 Å². The molecule has 0 amide bonds. The van der Waals surface area contributed by atoms with Gasteiger partial charge in [0.25, 0.3) is 0 Å². The number of rotatable bonds is 18. The normalized spacial score (nSPS) is 12.7. The monoisotopic (exact) mass is 1700 g/mol. The topological polar surface area (TPSA) is 36.9 Å². The summed E-state index contributed by atoms with van der Waals surface area (Å²) in [5.41, 5.74) is -10.5. The summed E-state index contributed by atoms with van der Waals surface area (Å²) < 4.78 is 21.8. The summed E-state index contributed by atoms with van der Waals surface area (Å²) in [5, 5.41) is 16.8. The minimum atomic E-state index is -3.26. The molecule has 0 aliphatic rings. The Labute approximate surface area is 663 Å². The number of benzene rings is 12. The van der Waals surface area contributed by atoms with Crippen molar-refractivity contribution in [3.63, 3.8) is 0 Å². The predicted octanol–water partition coefficient (Wildman–Crippen LogP) is 18.7. The Morgan fingerprint density at radius 2 is 0.310 bits per heavy atom. The third-order valence-electron chi connectivity index (χ3n) is 13.3. The van der Waals surface area contributed by atoms with E-state index in [1.165, 1.54) is 63.7 Å². The van der Waals surface area contributed by atoms with E-state index >= 15 is 0 Å². The molecule has 2 unspecified atom stereocenters. The Bertz CT molecular complexity index is 3450. The van der Waals surface area contributed by atoms with Crippen molar-refractivity contribution in [1.29, 1.82) is 0 Å². The molecule has 0 fully saturated rings. The van der Waals surface area contributed by atoms with Crippen LogP contribution in [0.3, 0.4) is 0 Å². The summed E-state index contributed by atoms with van der Waals surface area (Å²) in [7, 11) is -1.78. The second kappa shape index (κ2) is 44.7. The quantitative estimate of drug-likeness (QED) is 0.0471. The average Bonchev–Trinajstić information content (AvgIpc) is 0.854. The van der Waals surface area contributed by atoms with E-state index in [9.17, 15) is 0 Å². The van der Waals surface area contributed by atoms with Crippen molar-refractivity contribution < 1.29 is 68.9 Å². The zero-order valence-corrected chi connectivity index (χ0v) is 69.7. The summed E-state index contributed by atoms with van der Waals surface area (Å²) >= 11 is 30.8. The fraction of sp³-hybridized carbons (Fsp3) is 0.100. The molecule has 0 saturated heterocycles. The SMILES string of the molecule is CC(C)(C)OP(=S)([S-])OP(=S)([S-])OP(=S)([S-])OC(C)(C)C.[Cu+].[Cu+].[Cu+].c1ccc(P(c2ccccc2)c2ccccc2)cc1.c1ccc(P(c2ccccc2)c2ccccc2)cc1.c1ccc(P(c2ccccc2)c2ccccc2)cc1.c1ccc(P(c2ccccc2)c2ccccc2)cc1. The minimum Gasteiger partial charge on any atom is -0.691 e. The molecule has 0 N–H and O–H groups in total. The molecule has 0 radical (unpaired) electrons. The van der Waals surface area contributed by atoms with Gasteiger partial charge in [-0.3, -0.25) is 0 Å². The molecule has 0 saturated carbocycles. The summed E-state index contributed by atoms with van der Waals surface area (Å²) in [6.45, 7) is 10.8. The van der Waals surface area contributed by atoms with Gasteiger partial charge in [0.2, 0.25) is 0 Å². The van der Waals surface area contributed by atoms with Crippen LogP contribution in [-0.4, -0.2) is 11.2 Å². The van der Waals surface area contributed by atoms with Gasteiger partial charge in [0, 0.05) is 0 Å². The van der Waals surface area contributed by atoms with E-state index < -0.39 is 60.0 Å². The summed E-state index contributed by atoms with van der Waals surface area (Å²) in [4.78, 5) is 0. The van der Waals surface area contributed by atoms with Crippen LogP contribution in [0.15, 0.2) is 364 Å². The Hall–Kier alpha value is -3.24. The van der Waals surface area contributed by atoms with Crippen LogP contribution in [0.2, 0.25) is 0 Å². The van der Waals surface area contributed by atoms with Gasteiger partial charge < -0.3 is 54.4 Å². The molecule has 4 nitrogen and oxygen atoms in total.